The van der Waals surface area contributed by atoms with Crippen LogP contribution in [0.3, 0.4) is 0 Å². The van der Waals surface area contributed by atoms with Gasteiger partial charge in [-0.15, -0.1) is 0 Å². The van der Waals surface area contributed by atoms with Crippen LogP contribution in [0.1, 0.15) is 38.5 Å². The van der Waals surface area contributed by atoms with E-state index < -0.39 is 5.60 Å². The molecule has 2 aliphatic rings. The molecule has 1 amide bonds. The summed E-state index contributed by atoms with van der Waals surface area (Å²) in [5, 5.41) is 9.95. The van der Waals surface area contributed by atoms with Crippen molar-refractivity contribution in [1.29, 1.82) is 0 Å². The van der Waals surface area contributed by atoms with E-state index >= 15 is 0 Å². The Morgan fingerprint density at radius 2 is 1.94 bits per heavy atom. The number of rotatable bonds is 6. The van der Waals surface area contributed by atoms with Gasteiger partial charge in [0.05, 0.1) is 12.0 Å². The van der Waals surface area contributed by atoms with Crippen LogP contribution in [0.4, 0.5) is 0 Å². The van der Waals surface area contributed by atoms with Crippen molar-refractivity contribution in [1.82, 2.24) is 9.80 Å². The minimum atomic E-state index is -0.687. The molecular weight excluding hydrogens is 216 g/mol. The lowest BCUT2D eigenvalue weighted by Crippen LogP contribution is -2.44. The fraction of sp³-hybridized carbons (Fsp3) is 0.923. The summed E-state index contributed by atoms with van der Waals surface area (Å²) in [7, 11) is 3.96. The van der Waals surface area contributed by atoms with E-state index in [0.29, 0.717) is 6.42 Å². The molecule has 2 fully saturated rings. The summed E-state index contributed by atoms with van der Waals surface area (Å²) in [5.41, 5.74) is -0.687. The van der Waals surface area contributed by atoms with Gasteiger partial charge in [0, 0.05) is 26.2 Å². The molecule has 0 saturated heterocycles. The Bertz CT molecular complexity index is 285. The fourth-order valence-electron chi connectivity index (χ4n) is 2.31. The van der Waals surface area contributed by atoms with Crippen LogP contribution in [0.15, 0.2) is 0 Å². The van der Waals surface area contributed by atoms with Gasteiger partial charge in [0.15, 0.2) is 0 Å². The summed E-state index contributed by atoms with van der Waals surface area (Å²) in [6, 6.07) is 0.745. The van der Waals surface area contributed by atoms with Crippen LogP contribution in [0.5, 0.6) is 0 Å². The molecule has 2 aliphatic carbocycles. The molecule has 98 valence electrons. The quantitative estimate of drug-likeness (QED) is 0.748. The number of likely N-dealkylation sites (N-methyl/N-ethyl adjacent to an activating group) is 2. The molecule has 0 aliphatic heterocycles. The molecule has 4 nitrogen and oxygen atoms in total. The topological polar surface area (TPSA) is 43.8 Å². The minimum Gasteiger partial charge on any atom is -0.389 e. The van der Waals surface area contributed by atoms with Crippen LogP contribution in [0.25, 0.3) is 0 Å². The Balaban J connectivity index is 1.67. The Morgan fingerprint density at radius 1 is 1.29 bits per heavy atom. The van der Waals surface area contributed by atoms with Gasteiger partial charge in [0.1, 0.15) is 0 Å². The van der Waals surface area contributed by atoms with Crippen molar-refractivity contribution >= 4 is 5.91 Å². The number of hydrogen-bond donors (Lipinski definition) is 1. The number of hydrogen-bond acceptors (Lipinski definition) is 3. The third-order valence-electron chi connectivity index (χ3n) is 4.15. The van der Waals surface area contributed by atoms with Gasteiger partial charge in [0.25, 0.3) is 0 Å². The first-order valence-corrected chi connectivity index (χ1v) is 6.67. The van der Waals surface area contributed by atoms with Crippen molar-refractivity contribution < 1.29 is 9.90 Å². The molecule has 0 heterocycles. The van der Waals surface area contributed by atoms with Gasteiger partial charge < -0.3 is 14.9 Å². The summed E-state index contributed by atoms with van der Waals surface area (Å²) in [6.45, 7) is 1.70. The van der Waals surface area contributed by atoms with Gasteiger partial charge in [-0.2, -0.15) is 0 Å². The zero-order valence-electron chi connectivity index (χ0n) is 11.0. The van der Waals surface area contributed by atoms with E-state index in [1.54, 1.807) is 4.90 Å². The van der Waals surface area contributed by atoms with E-state index in [1.165, 1.54) is 12.8 Å². The zero-order chi connectivity index (χ0) is 12.5. The molecule has 0 bridgehead atoms. The van der Waals surface area contributed by atoms with Gasteiger partial charge in [-0.25, -0.2) is 0 Å². The first-order valence-electron chi connectivity index (χ1n) is 6.67. The number of aliphatic hydroxyl groups is 1. The second kappa shape index (κ2) is 4.94. The molecule has 2 rings (SSSR count). The highest BCUT2D eigenvalue weighted by molar-refractivity contribution is 5.77. The normalized spacial score (nSPS) is 22.4. The van der Waals surface area contributed by atoms with E-state index in [4.69, 9.17) is 0 Å². The number of carbonyl (C=O) groups excluding carboxylic acids is 1. The largest absolute Gasteiger partial charge is 0.389 e. The maximum Gasteiger partial charge on any atom is 0.225 e. The molecular formula is C13H24N2O2. The summed E-state index contributed by atoms with van der Waals surface area (Å²) in [4.78, 5) is 16.0. The Kier molecular flexibility index (Phi) is 3.73. The van der Waals surface area contributed by atoms with Crippen LogP contribution < -0.4 is 0 Å². The average molecular weight is 240 g/mol. The Hall–Kier alpha value is -0.610. The molecule has 0 unspecified atom stereocenters. The van der Waals surface area contributed by atoms with Crippen molar-refractivity contribution in [3.05, 3.63) is 0 Å². The van der Waals surface area contributed by atoms with Crippen molar-refractivity contribution in [3.63, 3.8) is 0 Å². The average Bonchev–Trinajstić information content (AvgIpc) is 3.06. The molecule has 0 radical (unpaired) electrons. The van der Waals surface area contributed by atoms with E-state index in [0.717, 1.165) is 38.4 Å². The minimum absolute atomic E-state index is 0.0800. The lowest BCUT2D eigenvalue weighted by molar-refractivity contribution is -0.139. The number of amides is 1. The predicted molar refractivity (Wildman–Crippen MR) is 66.7 cm³/mol. The van der Waals surface area contributed by atoms with Crippen LogP contribution in [0.2, 0.25) is 0 Å². The lowest BCUT2D eigenvalue weighted by atomic mass is 9.77. The molecule has 0 aromatic carbocycles. The Labute approximate surface area is 104 Å². The highest BCUT2D eigenvalue weighted by Crippen LogP contribution is 2.34. The molecule has 0 aromatic heterocycles. The standard InChI is InChI=1S/C13H24N2O2/c1-14(11-4-5-11)8-9-15(2)12(16)10-13(17)6-3-7-13/h11,17H,3-10H2,1-2H3. The van der Waals surface area contributed by atoms with Crippen molar-refractivity contribution in [2.75, 3.05) is 27.2 Å². The Morgan fingerprint density at radius 3 is 2.41 bits per heavy atom. The second-order valence-electron chi connectivity index (χ2n) is 5.78. The smallest absolute Gasteiger partial charge is 0.225 e. The summed E-state index contributed by atoms with van der Waals surface area (Å²) in [6.07, 6.45) is 5.53. The van der Waals surface area contributed by atoms with Crippen LogP contribution in [-0.4, -0.2) is 59.6 Å². The third-order valence-corrected chi connectivity index (χ3v) is 4.15. The first-order chi connectivity index (χ1) is 8.00. The van der Waals surface area contributed by atoms with Gasteiger partial charge in [-0.1, -0.05) is 0 Å². The molecule has 4 heteroatoms. The first kappa shape index (κ1) is 12.8. The molecule has 0 atom stereocenters. The van der Waals surface area contributed by atoms with E-state index in [9.17, 15) is 9.90 Å². The van der Waals surface area contributed by atoms with Crippen molar-refractivity contribution in [2.45, 2.75) is 50.2 Å². The van der Waals surface area contributed by atoms with E-state index in [-0.39, 0.29) is 5.91 Å². The van der Waals surface area contributed by atoms with Gasteiger partial charge in [0.2, 0.25) is 5.91 Å². The summed E-state index contributed by atoms with van der Waals surface area (Å²) < 4.78 is 0. The number of nitrogens with zero attached hydrogens (tertiary/aromatic N) is 2. The molecule has 17 heavy (non-hydrogen) atoms. The van der Waals surface area contributed by atoms with Crippen LogP contribution in [0, 0.1) is 0 Å². The van der Waals surface area contributed by atoms with Crippen molar-refractivity contribution in [2.24, 2.45) is 0 Å². The third kappa shape index (κ3) is 3.42. The molecule has 0 spiro atoms. The highest BCUT2D eigenvalue weighted by Gasteiger charge is 2.37. The SMILES string of the molecule is CN(CCN(C)C1CC1)C(=O)CC1(O)CCC1. The maximum absolute atomic E-state index is 11.9. The van der Waals surface area contributed by atoms with Gasteiger partial charge >= 0.3 is 0 Å². The van der Waals surface area contributed by atoms with Crippen molar-refractivity contribution in [3.8, 4) is 0 Å². The van der Waals surface area contributed by atoms with Crippen LogP contribution in [-0.2, 0) is 4.79 Å². The zero-order valence-corrected chi connectivity index (χ0v) is 11.0. The highest BCUT2D eigenvalue weighted by atomic mass is 16.3. The summed E-state index contributed by atoms with van der Waals surface area (Å²) in [5.74, 6) is 0.0800. The molecule has 2 saturated carbocycles. The van der Waals surface area contributed by atoms with E-state index in [2.05, 4.69) is 11.9 Å². The molecule has 0 aromatic rings. The number of carbonyl (C=O) groups is 1. The maximum atomic E-state index is 11.9. The van der Waals surface area contributed by atoms with E-state index in [1.807, 2.05) is 7.05 Å². The lowest BCUT2D eigenvalue weighted by Gasteiger charge is -2.37. The predicted octanol–water partition coefficient (Wildman–Crippen LogP) is 0.844. The second-order valence-corrected chi connectivity index (χ2v) is 5.78. The summed E-state index contributed by atoms with van der Waals surface area (Å²) >= 11 is 0. The monoisotopic (exact) mass is 240 g/mol. The fourth-order valence-corrected chi connectivity index (χ4v) is 2.31. The van der Waals surface area contributed by atoms with Crippen LogP contribution >= 0.6 is 0 Å². The van der Waals surface area contributed by atoms with Gasteiger partial charge in [-0.05, 0) is 39.2 Å². The molecule has 1 N–H and O–H groups in total. The van der Waals surface area contributed by atoms with Gasteiger partial charge in [-0.3, -0.25) is 4.79 Å².